The van der Waals surface area contributed by atoms with Crippen LogP contribution in [-0.4, -0.2) is 36.8 Å². The van der Waals surface area contributed by atoms with Crippen LogP contribution in [0.25, 0.3) is 0 Å². The first-order valence-corrected chi connectivity index (χ1v) is 11.1. The van der Waals surface area contributed by atoms with Gasteiger partial charge in [0.1, 0.15) is 11.4 Å². The second-order valence-electron chi connectivity index (χ2n) is 9.26. The third-order valence-corrected chi connectivity index (χ3v) is 5.96. The minimum absolute atomic E-state index is 0.304. The lowest BCUT2D eigenvalue weighted by atomic mass is 9.85. The molecule has 1 unspecified atom stereocenters. The number of benzene rings is 2. The van der Waals surface area contributed by atoms with Crippen LogP contribution in [0.3, 0.4) is 0 Å². The Kier molecular flexibility index (Phi) is 7.17. The van der Waals surface area contributed by atoms with Gasteiger partial charge in [-0.3, -0.25) is 4.90 Å². The van der Waals surface area contributed by atoms with E-state index in [1.807, 2.05) is 46.8 Å². The molecular formula is C25H33ClN2O3. The molecule has 1 saturated heterocycles. The minimum Gasteiger partial charge on any atom is -0.496 e. The van der Waals surface area contributed by atoms with Gasteiger partial charge in [0.2, 0.25) is 0 Å². The lowest BCUT2D eigenvalue weighted by molar-refractivity contribution is 0.0507. The van der Waals surface area contributed by atoms with E-state index in [-0.39, 0.29) is 6.04 Å². The van der Waals surface area contributed by atoms with Crippen molar-refractivity contribution < 1.29 is 14.3 Å². The Morgan fingerprint density at radius 2 is 1.90 bits per heavy atom. The van der Waals surface area contributed by atoms with Crippen molar-refractivity contribution in [2.75, 3.05) is 20.2 Å². The van der Waals surface area contributed by atoms with E-state index in [2.05, 4.69) is 34.5 Å². The highest BCUT2D eigenvalue weighted by Gasteiger charge is 2.34. The number of methoxy groups -OCH3 is 1. The fourth-order valence-corrected chi connectivity index (χ4v) is 4.31. The van der Waals surface area contributed by atoms with E-state index in [1.165, 1.54) is 5.56 Å². The molecule has 2 aromatic rings. The van der Waals surface area contributed by atoms with Crippen LogP contribution in [0.5, 0.6) is 5.75 Å². The van der Waals surface area contributed by atoms with Gasteiger partial charge in [-0.15, -0.1) is 0 Å². The van der Waals surface area contributed by atoms with Gasteiger partial charge in [-0.25, -0.2) is 4.79 Å². The van der Waals surface area contributed by atoms with Crippen LogP contribution in [0.15, 0.2) is 36.4 Å². The fraction of sp³-hybridized carbons (Fsp3) is 0.480. The van der Waals surface area contributed by atoms with Crippen LogP contribution < -0.4 is 10.1 Å². The number of ether oxygens (including phenoxy) is 2. The van der Waals surface area contributed by atoms with Gasteiger partial charge in [-0.1, -0.05) is 41.9 Å². The van der Waals surface area contributed by atoms with E-state index in [0.717, 1.165) is 42.1 Å². The molecule has 1 atom stereocenters. The van der Waals surface area contributed by atoms with E-state index >= 15 is 0 Å². The normalized spacial score (nSPS) is 15.8. The monoisotopic (exact) mass is 444 g/mol. The van der Waals surface area contributed by atoms with Gasteiger partial charge in [0, 0.05) is 41.7 Å². The summed E-state index contributed by atoms with van der Waals surface area (Å²) in [5.74, 6) is 1.14. The summed E-state index contributed by atoms with van der Waals surface area (Å²) in [5.41, 5.74) is 3.79. The maximum Gasteiger partial charge on any atom is 0.408 e. The Hall–Kier alpha value is -2.24. The fourth-order valence-electron chi connectivity index (χ4n) is 4.09. The van der Waals surface area contributed by atoms with Crippen molar-refractivity contribution in [2.24, 2.45) is 0 Å². The molecule has 2 aromatic carbocycles. The van der Waals surface area contributed by atoms with Gasteiger partial charge in [0.25, 0.3) is 0 Å². The van der Waals surface area contributed by atoms with Gasteiger partial charge in [-0.2, -0.15) is 0 Å². The Bertz CT molecular complexity index is 919. The summed E-state index contributed by atoms with van der Waals surface area (Å²) in [7, 11) is 1.68. The number of alkyl carbamates (subject to hydrolysis) is 1. The molecule has 6 heteroatoms. The lowest BCUT2D eigenvalue weighted by Crippen LogP contribution is -2.44. The maximum absolute atomic E-state index is 12.3. The first kappa shape index (κ1) is 23.4. The molecule has 0 aromatic heterocycles. The van der Waals surface area contributed by atoms with Gasteiger partial charge >= 0.3 is 6.09 Å². The first-order chi connectivity index (χ1) is 14.6. The summed E-state index contributed by atoms with van der Waals surface area (Å²) in [6, 6.07) is 12.1. The number of amides is 1. The lowest BCUT2D eigenvalue weighted by Gasteiger charge is -2.41. The van der Waals surface area contributed by atoms with Crippen LogP contribution in [0.1, 0.15) is 61.9 Å². The maximum atomic E-state index is 12.3. The Labute approximate surface area is 190 Å². The molecule has 1 heterocycles. The molecule has 1 aliphatic heterocycles. The highest BCUT2D eigenvalue weighted by molar-refractivity contribution is 6.31. The second-order valence-corrected chi connectivity index (χ2v) is 9.67. The average Bonchev–Trinajstić information content (AvgIpc) is 2.65. The van der Waals surface area contributed by atoms with E-state index in [9.17, 15) is 4.79 Å². The molecule has 1 amide bonds. The van der Waals surface area contributed by atoms with Crippen molar-refractivity contribution in [3.63, 3.8) is 0 Å². The number of rotatable bonds is 6. The summed E-state index contributed by atoms with van der Waals surface area (Å²) >= 11 is 6.61. The van der Waals surface area contributed by atoms with Crippen molar-refractivity contribution in [3.8, 4) is 5.75 Å². The van der Waals surface area contributed by atoms with Gasteiger partial charge in [0.15, 0.2) is 0 Å². The zero-order valence-electron chi connectivity index (χ0n) is 19.3. The number of hydrogen-bond donors (Lipinski definition) is 1. The summed E-state index contributed by atoms with van der Waals surface area (Å²) in [6.07, 6.45) is -0.460. The predicted octanol–water partition coefficient (Wildman–Crippen LogP) is 5.84. The van der Waals surface area contributed by atoms with Crippen LogP contribution >= 0.6 is 11.6 Å². The molecule has 168 valence electrons. The molecule has 1 N–H and O–H groups in total. The number of halogens is 1. The Morgan fingerprint density at radius 3 is 2.48 bits per heavy atom. The van der Waals surface area contributed by atoms with Crippen molar-refractivity contribution in [3.05, 3.63) is 63.7 Å². The number of nitrogens with one attached hydrogen (secondary N) is 1. The van der Waals surface area contributed by atoms with Crippen LogP contribution in [-0.2, 0) is 11.3 Å². The quantitative estimate of drug-likeness (QED) is 0.607. The van der Waals surface area contributed by atoms with E-state index < -0.39 is 11.7 Å². The van der Waals surface area contributed by atoms with E-state index in [4.69, 9.17) is 21.1 Å². The summed E-state index contributed by atoms with van der Waals surface area (Å²) < 4.78 is 11.3. The van der Waals surface area contributed by atoms with Crippen molar-refractivity contribution in [2.45, 2.75) is 58.7 Å². The standard InChI is InChI=1S/C25H33ClN2O3/c1-16-21(26)12-20(17(2)27-24(29)31-25(3,4)5)23(30-6)22(16)19-14-28(15-19)13-18-10-8-7-9-11-18/h7-12,17,19H,13-15H2,1-6H3,(H,27,29). The second kappa shape index (κ2) is 9.49. The zero-order valence-corrected chi connectivity index (χ0v) is 20.0. The molecule has 0 saturated carbocycles. The predicted molar refractivity (Wildman–Crippen MR) is 125 cm³/mol. The third kappa shape index (κ3) is 5.72. The van der Waals surface area contributed by atoms with Gasteiger partial charge < -0.3 is 14.8 Å². The minimum atomic E-state index is -0.557. The van der Waals surface area contributed by atoms with Crippen molar-refractivity contribution in [1.29, 1.82) is 0 Å². The van der Waals surface area contributed by atoms with Gasteiger partial charge in [-0.05, 0) is 51.8 Å². The van der Waals surface area contributed by atoms with Crippen molar-refractivity contribution >= 4 is 17.7 Å². The highest BCUT2D eigenvalue weighted by atomic mass is 35.5. The summed E-state index contributed by atoms with van der Waals surface area (Å²) in [4.78, 5) is 14.7. The Morgan fingerprint density at radius 1 is 1.26 bits per heavy atom. The molecule has 5 nitrogen and oxygen atoms in total. The molecule has 0 bridgehead atoms. The van der Waals surface area contributed by atoms with Crippen LogP contribution in [0.2, 0.25) is 5.02 Å². The Balaban J connectivity index is 1.78. The number of carbonyl (C=O) groups excluding carboxylic acids is 1. The molecule has 31 heavy (non-hydrogen) atoms. The zero-order chi connectivity index (χ0) is 22.8. The number of likely N-dealkylation sites (tertiary alicyclic amines) is 1. The topological polar surface area (TPSA) is 50.8 Å². The molecule has 3 rings (SSSR count). The summed E-state index contributed by atoms with van der Waals surface area (Å²) in [5, 5.41) is 3.59. The van der Waals surface area contributed by atoms with Crippen LogP contribution in [0, 0.1) is 6.92 Å². The molecule has 1 aliphatic rings. The largest absolute Gasteiger partial charge is 0.496 e. The van der Waals surface area contributed by atoms with Gasteiger partial charge in [0.05, 0.1) is 13.2 Å². The SMILES string of the molecule is COc1c(C(C)NC(=O)OC(C)(C)C)cc(Cl)c(C)c1C1CN(Cc2ccccc2)C1. The summed E-state index contributed by atoms with van der Waals surface area (Å²) in [6.45, 7) is 12.3. The van der Waals surface area contributed by atoms with Crippen LogP contribution in [0.4, 0.5) is 4.79 Å². The third-order valence-electron chi connectivity index (χ3n) is 5.57. The molecule has 0 aliphatic carbocycles. The molecule has 0 spiro atoms. The average molecular weight is 445 g/mol. The van der Waals surface area contributed by atoms with E-state index in [1.54, 1.807) is 7.11 Å². The molecular weight excluding hydrogens is 412 g/mol. The number of carbonyl (C=O) groups is 1. The smallest absolute Gasteiger partial charge is 0.408 e. The number of hydrogen-bond acceptors (Lipinski definition) is 4. The first-order valence-electron chi connectivity index (χ1n) is 10.7. The highest BCUT2D eigenvalue weighted by Crippen LogP contribution is 2.43. The molecule has 1 fully saturated rings. The van der Waals surface area contributed by atoms with E-state index in [0.29, 0.717) is 10.9 Å². The molecule has 0 radical (unpaired) electrons. The van der Waals surface area contributed by atoms with Crippen molar-refractivity contribution in [1.82, 2.24) is 10.2 Å². The number of nitrogens with zero attached hydrogens (tertiary/aromatic N) is 1.